The summed E-state index contributed by atoms with van der Waals surface area (Å²) in [6, 6.07) is 11.1. The number of benzene rings is 2. The number of phenols is 1. The summed E-state index contributed by atoms with van der Waals surface area (Å²) in [5, 5.41) is 10.6. The number of phenolic OH excluding ortho intramolecular Hbond substituents is 1. The minimum Gasteiger partial charge on any atom is -0.507 e. The molecule has 5 nitrogen and oxygen atoms in total. The first kappa shape index (κ1) is 23.7. The van der Waals surface area contributed by atoms with Crippen LogP contribution in [0.4, 0.5) is 0 Å². The number of allylic oxidation sites excluding steroid dienone is 1. The molecule has 6 heteroatoms. The van der Waals surface area contributed by atoms with Gasteiger partial charge in [-0.2, -0.15) is 0 Å². The van der Waals surface area contributed by atoms with E-state index in [0.717, 1.165) is 22.4 Å². The van der Waals surface area contributed by atoms with Crippen molar-refractivity contribution in [3.63, 3.8) is 0 Å². The number of methoxy groups -OCH3 is 1. The molecule has 0 bridgehead atoms. The highest BCUT2D eigenvalue weighted by atomic mass is 35.5. The minimum atomic E-state index is -0.0918. The molecule has 2 rings (SSSR count). The van der Waals surface area contributed by atoms with E-state index < -0.39 is 0 Å². The molecule has 1 N–H and O–H groups in total. The molecular formula is C22H29ClN2O3. The first-order chi connectivity index (χ1) is 12.8. The smallest absolute Gasteiger partial charge is 0.185 e. The Morgan fingerprint density at radius 1 is 1.00 bits per heavy atom. The summed E-state index contributed by atoms with van der Waals surface area (Å²) in [4.78, 5) is 16.6. The van der Waals surface area contributed by atoms with Crippen LogP contribution in [-0.2, 0) is 13.1 Å². The van der Waals surface area contributed by atoms with Crippen LogP contribution in [0.1, 0.15) is 27.0 Å². The van der Waals surface area contributed by atoms with Crippen molar-refractivity contribution in [1.82, 2.24) is 9.80 Å². The molecule has 0 aliphatic rings. The number of halogens is 1. The summed E-state index contributed by atoms with van der Waals surface area (Å²) >= 11 is 0. The van der Waals surface area contributed by atoms with Gasteiger partial charge in [0.2, 0.25) is 0 Å². The number of aromatic hydroxyl groups is 1. The molecule has 0 atom stereocenters. The maximum absolute atomic E-state index is 12.7. The van der Waals surface area contributed by atoms with Crippen molar-refractivity contribution in [1.29, 1.82) is 0 Å². The molecule has 0 saturated heterocycles. The summed E-state index contributed by atoms with van der Waals surface area (Å²) in [6.45, 7) is 1.13. The molecule has 0 radical (unpaired) electrons. The monoisotopic (exact) mass is 404 g/mol. The van der Waals surface area contributed by atoms with Crippen molar-refractivity contribution in [3.8, 4) is 11.5 Å². The Kier molecular flexibility index (Phi) is 9.19. The van der Waals surface area contributed by atoms with E-state index in [1.165, 1.54) is 0 Å². The molecule has 0 aromatic heterocycles. The van der Waals surface area contributed by atoms with Gasteiger partial charge in [-0.3, -0.25) is 4.79 Å². The van der Waals surface area contributed by atoms with Gasteiger partial charge in [0.25, 0.3) is 0 Å². The number of hydrogen-bond donors (Lipinski definition) is 1. The van der Waals surface area contributed by atoms with Crippen molar-refractivity contribution in [2.45, 2.75) is 13.1 Å². The highest BCUT2D eigenvalue weighted by molar-refractivity contribution is 6.07. The highest BCUT2D eigenvalue weighted by Crippen LogP contribution is 2.27. The number of carbonyl (C=O) groups excluding carboxylic acids is 1. The van der Waals surface area contributed by atoms with Gasteiger partial charge in [-0.15, -0.1) is 12.4 Å². The second-order valence-corrected chi connectivity index (χ2v) is 7.09. The van der Waals surface area contributed by atoms with Crippen molar-refractivity contribution < 1.29 is 14.6 Å². The van der Waals surface area contributed by atoms with Crippen LogP contribution in [-0.4, -0.2) is 56.0 Å². The number of ether oxygens (including phenoxy) is 1. The lowest BCUT2D eigenvalue weighted by molar-refractivity contribution is 0.104. The van der Waals surface area contributed by atoms with Crippen molar-refractivity contribution in [2.24, 2.45) is 0 Å². The van der Waals surface area contributed by atoms with E-state index >= 15 is 0 Å². The van der Waals surface area contributed by atoms with Gasteiger partial charge < -0.3 is 19.6 Å². The molecule has 0 heterocycles. The van der Waals surface area contributed by atoms with E-state index in [1.807, 2.05) is 62.3 Å². The molecule has 0 saturated carbocycles. The zero-order valence-electron chi connectivity index (χ0n) is 17.1. The SMILES string of the molecule is COc1ccc(C=CC(=O)c2cc(CN(C)C)c(O)c(CN(C)C)c2)cc1.Cl. The largest absolute Gasteiger partial charge is 0.507 e. The predicted molar refractivity (Wildman–Crippen MR) is 116 cm³/mol. The summed E-state index contributed by atoms with van der Waals surface area (Å²) in [6.07, 6.45) is 3.35. The van der Waals surface area contributed by atoms with E-state index in [1.54, 1.807) is 31.4 Å². The third kappa shape index (κ3) is 6.68. The lowest BCUT2D eigenvalue weighted by Crippen LogP contribution is -2.15. The van der Waals surface area contributed by atoms with Gasteiger partial charge in [-0.25, -0.2) is 0 Å². The Morgan fingerprint density at radius 2 is 1.50 bits per heavy atom. The zero-order chi connectivity index (χ0) is 20.0. The number of ketones is 1. The van der Waals surface area contributed by atoms with Crippen LogP contribution in [0.15, 0.2) is 42.5 Å². The van der Waals surface area contributed by atoms with Gasteiger partial charge in [0, 0.05) is 29.8 Å². The molecule has 0 unspecified atom stereocenters. The summed E-state index contributed by atoms with van der Waals surface area (Å²) in [7, 11) is 9.36. The average Bonchev–Trinajstić information content (AvgIpc) is 2.62. The molecule has 0 spiro atoms. The molecule has 0 aliphatic heterocycles. The van der Waals surface area contributed by atoms with Crippen LogP contribution < -0.4 is 4.74 Å². The first-order valence-corrected chi connectivity index (χ1v) is 8.81. The number of nitrogens with zero attached hydrogens (tertiary/aromatic N) is 2. The summed E-state index contributed by atoms with van der Waals surface area (Å²) in [5.74, 6) is 0.942. The van der Waals surface area contributed by atoms with Crippen molar-refractivity contribution in [3.05, 3.63) is 64.7 Å². The lowest BCUT2D eigenvalue weighted by atomic mass is 10.00. The predicted octanol–water partition coefficient (Wildman–Crippen LogP) is 3.84. The number of rotatable bonds is 8. The van der Waals surface area contributed by atoms with Crippen LogP contribution in [0.3, 0.4) is 0 Å². The van der Waals surface area contributed by atoms with E-state index in [2.05, 4.69) is 0 Å². The second-order valence-electron chi connectivity index (χ2n) is 7.09. The third-order valence-corrected chi connectivity index (χ3v) is 4.07. The standard InChI is InChI=1S/C22H28N2O3.ClH/c1-23(2)14-18-12-17(13-19(22(18)26)15-24(3)4)21(25)11-8-16-6-9-20(27-5)10-7-16;/h6-13,26H,14-15H2,1-5H3;1H. The molecule has 0 aliphatic carbocycles. The molecule has 2 aromatic carbocycles. The Labute approximate surface area is 173 Å². The fraction of sp³-hybridized carbons (Fsp3) is 0.318. The van der Waals surface area contributed by atoms with E-state index in [9.17, 15) is 9.90 Å². The van der Waals surface area contributed by atoms with Gasteiger partial charge in [0.05, 0.1) is 7.11 Å². The van der Waals surface area contributed by atoms with Gasteiger partial charge in [-0.1, -0.05) is 18.2 Å². The summed E-state index contributed by atoms with van der Waals surface area (Å²) in [5.41, 5.74) is 3.00. The molecule has 0 amide bonds. The van der Waals surface area contributed by atoms with E-state index in [4.69, 9.17) is 4.74 Å². The average molecular weight is 405 g/mol. The van der Waals surface area contributed by atoms with Gasteiger partial charge in [0.15, 0.2) is 5.78 Å². The minimum absolute atomic E-state index is 0. The Hall–Kier alpha value is -2.34. The van der Waals surface area contributed by atoms with Gasteiger partial charge in [0.1, 0.15) is 11.5 Å². The Bertz CT molecular complexity index is 784. The molecule has 152 valence electrons. The first-order valence-electron chi connectivity index (χ1n) is 8.81. The van der Waals surface area contributed by atoms with Crippen LogP contribution in [0.25, 0.3) is 6.08 Å². The molecule has 0 fully saturated rings. The fourth-order valence-corrected chi connectivity index (χ4v) is 2.81. The second kappa shape index (κ2) is 10.9. The highest BCUT2D eigenvalue weighted by Gasteiger charge is 2.14. The number of hydrogen-bond acceptors (Lipinski definition) is 5. The molecule has 28 heavy (non-hydrogen) atoms. The third-order valence-electron chi connectivity index (χ3n) is 4.07. The van der Waals surface area contributed by atoms with Crippen LogP contribution in [0.5, 0.6) is 11.5 Å². The Morgan fingerprint density at radius 3 is 1.93 bits per heavy atom. The maximum atomic E-state index is 12.7. The van der Waals surface area contributed by atoms with Crippen molar-refractivity contribution >= 4 is 24.3 Å². The molecule has 2 aromatic rings. The van der Waals surface area contributed by atoms with E-state index in [-0.39, 0.29) is 23.9 Å². The summed E-state index contributed by atoms with van der Waals surface area (Å²) < 4.78 is 5.14. The fourth-order valence-electron chi connectivity index (χ4n) is 2.81. The molecular weight excluding hydrogens is 376 g/mol. The van der Waals surface area contributed by atoms with Crippen LogP contribution in [0.2, 0.25) is 0 Å². The lowest BCUT2D eigenvalue weighted by Gasteiger charge is -2.17. The van der Waals surface area contributed by atoms with Gasteiger partial charge >= 0.3 is 0 Å². The van der Waals surface area contributed by atoms with E-state index in [0.29, 0.717) is 18.7 Å². The number of carbonyl (C=O) groups is 1. The van der Waals surface area contributed by atoms with Crippen LogP contribution >= 0.6 is 12.4 Å². The van der Waals surface area contributed by atoms with Crippen molar-refractivity contribution in [2.75, 3.05) is 35.3 Å². The zero-order valence-corrected chi connectivity index (χ0v) is 17.9. The maximum Gasteiger partial charge on any atom is 0.185 e. The Balaban J connectivity index is 0.00000392. The quantitative estimate of drug-likeness (QED) is 0.535. The topological polar surface area (TPSA) is 53.0 Å². The normalized spacial score (nSPS) is 11.1. The van der Waals surface area contributed by atoms with Gasteiger partial charge in [-0.05, 0) is 64.1 Å². The van der Waals surface area contributed by atoms with Crippen LogP contribution in [0, 0.1) is 0 Å².